The van der Waals surface area contributed by atoms with E-state index in [1.54, 1.807) is 25.3 Å². The van der Waals surface area contributed by atoms with Crippen LogP contribution in [0.3, 0.4) is 0 Å². The maximum absolute atomic E-state index is 8.84. The molecule has 16 heavy (non-hydrogen) atoms. The number of aromatic nitrogens is 1. The number of halogens is 2. The highest BCUT2D eigenvalue weighted by Gasteiger charge is 2.11. The molecule has 0 saturated heterocycles. The Morgan fingerprint density at radius 3 is 2.69 bits per heavy atom. The zero-order valence-corrected chi connectivity index (χ0v) is 9.80. The third-order valence-electron chi connectivity index (χ3n) is 2.21. The van der Waals surface area contributed by atoms with Crippen molar-refractivity contribution in [1.82, 2.24) is 4.98 Å². The summed E-state index contributed by atoms with van der Waals surface area (Å²) in [6, 6.07) is 7.15. The normalized spacial score (nSPS) is 10.1. The molecule has 0 aliphatic carbocycles. The zero-order chi connectivity index (χ0) is 11.7. The zero-order valence-electron chi connectivity index (χ0n) is 8.29. The first-order valence-electron chi connectivity index (χ1n) is 4.40. The van der Waals surface area contributed by atoms with Gasteiger partial charge in [0.15, 0.2) is 5.69 Å². The van der Waals surface area contributed by atoms with Gasteiger partial charge < -0.3 is 4.74 Å². The van der Waals surface area contributed by atoms with E-state index in [-0.39, 0.29) is 10.8 Å². The molecular weight excluding hydrogens is 247 g/mol. The minimum Gasteiger partial charge on any atom is -0.497 e. The number of benzene rings is 1. The molecule has 0 amide bonds. The van der Waals surface area contributed by atoms with Crippen LogP contribution in [-0.2, 0) is 0 Å². The van der Waals surface area contributed by atoms with Gasteiger partial charge in [-0.15, -0.1) is 0 Å². The van der Waals surface area contributed by atoms with Crippen molar-refractivity contribution in [2.24, 2.45) is 0 Å². The van der Waals surface area contributed by atoms with Gasteiger partial charge >= 0.3 is 0 Å². The van der Waals surface area contributed by atoms with Crippen molar-refractivity contribution in [2.75, 3.05) is 7.11 Å². The van der Waals surface area contributed by atoms with Gasteiger partial charge in [-0.05, 0) is 18.2 Å². The van der Waals surface area contributed by atoms with Gasteiger partial charge in [0.1, 0.15) is 17.0 Å². The quantitative estimate of drug-likeness (QED) is 0.731. The summed E-state index contributed by atoms with van der Waals surface area (Å²) < 4.78 is 5.09. The third kappa shape index (κ3) is 1.67. The van der Waals surface area contributed by atoms with Crippen LogP contribution in [0.4, 0.5) is 0 Å². The molecule has 0 fully saturated rings. The van der Waals surface area contributed by atoms with Gasteiger partial charge in [-0.1, -0.05) is 23.2 Å². The Hall–Kier alpha value is -1.50. The standard InChI is InChI=1S/C11H6Cl2N2O/c1-16-6-2-3-7-8(4-6)10(12)9(5-14)15-11(7)13/h2-4H,1H3. The van der Waals surface area contributed by atoms with Gasteiger partial charge in [0.2, 0.25) is 0 Å². The molecule has 0 aliphatic rings. The van der Waals surface area contributed by atoms with Crippen molar-refractivity contribution in [1.29, 1.82) is 5.26 Å². The average Bonchev–Trinajstić information content (AvgIpc) is 2.33. The fraction of sp³-hybridized carbons (Fsp3) is 0.0909. The number of ether oxygens (including phenoxy) is 1. The van der Waals surface area contributed by atoms with Crippen LogP contribution < -0.4 is 4.74 Å². The summed E-state index contributed by atoms with van der Waals surface area (Å²) in [6.07, 6.45) is 0. The molecule has 1 aromatic carbocycles. The molecule has 80 valence electrons. The molecule has 5 heteroatoms. The van der Waals surface area contributed by atoms with Crippen molar-refractivity contribution in [3.05, 3.63) is 34.1 Å². The second kappa shape index (κ2) is 4.17. The topological polar surface area (TPSA) is 45.9 Å². The van der Waals surface area contributed by atoms with Crippen LogP contribution in [0.5, 0.6) is 5.75 Å². The Bertz CT molecular complexity index is 605. The van der Waals surface area contributed by atoms with Crippen LogP contribution in [0.25, 0.3) is 10.8 Å². The van der Waals surface area contributed by atoms with Crippen molar-refractivity contribution in [2.45, 2.75) is 0 Å². The minimum atomic E-state index is 0.118. The van der Waals surface area contributed by atoms with E-state index < -0.39 is 0 Å². The van der Waals surface area contributed by atoms with Crippen LogP contribution in [0.1, 0.15) is 5.69 Å². The lowest BCUT2D eigenvalue weighted by Crippen LogP contribution is -1.90. The number of fused-ring (bicyclic) bond motifs is 1. The van der Waals surface area contributed by atoms with Gasteiger partial charge in [-0.25, -0.2) is 4.98 Å². The van der Waals surface area contributed by atoms with Crippen LogP contribution in [0.2, 0.25) is 10.2 Å². The molecule has 0 N–H and O–H groups in total. The molecule has 0 atom stereocenters. The molecular formula is C11H6Cl2N2O. The Kier molecular flexibility index (Phi) is 2.86. The first kappa shape index (κ1) is 11.0. The van der Waals surface area contributed by atoms with Gasteiger partial charge in [-0.2, -0.15) is 5.26 Å². The van der Waals surface area contributed by atoms with E-state index in [4.69, 9.17) is 33.2 Å². The van der Waals surface area contributed by atoms with E-state index in [0.717, 1.165) is 0 Å². The summed E-state index contributed by atoms with van der Waals surface area (Å²) in [6.45, 7) is 0. The van der Waals surface area contributed by atoms with Crippen molar-refractivity contribution in [3.63, 3.8) is 0 Å². The van der Waals surface area contributed by atoms with Gasteiger partial charge in [0, 0.05) is 10.8 Å². The first-order valence-corrected chi connectivity index (χ1v) is 5.16. The Morgan fingerprint density at radius 2 is 2.06 bits per heavy atom. The van der Waals surface area contributed by atoms with Crippen LogP contribution in [0.15, 0.2) is 18.2 Å². The number of nitriles is 1. The molecule has 2 rings (SSSR count). The van der Waals surface area contributed by atoms with E-state index in [0.29, 0.717) is 21.5 Å². The summed E-state index contributed by atoms with van der Waals surface area (Å²) in [5.41, 5.74) is 0.118. The SMILES string of the molecule is COc1ccc2c(Cl)nc(C#N)c(Cl)c2c1. The maximum atomic E-state index is 8.84. The highest BCUT2D eigenvalue weighted by molar-refractivity contribution is 6.40. The first-order chi connectivity index (χ1) is 7.67. The lowest BCUT2D eigenvalue weighted by atomic mass is 10.1. The molecule has 0 spiro atoms. The molecule has 0 unspecified atom stereocenters. The van der Waals surface area contributed by atoms with Gasteiger partial charge in [-0.3, -0.25) is 0 Å². The number of nitrogens with zero attached hydrogens (tertiary/aromatic N) is 2. The van der Waals surface area contributed by atoms with E-state index in [1.807, 2.05) is 6.07 Å². The van der Waals surface area contributed by atoms with Crippen LogP contribution in [-0.4, -0.2) is 12.1 Å². The Balaban J connectivity index is 2.87. The van der Waals surface area contributed by atoms with E-state index in [1.165, 1.54) is 0 Å². The van der Waals surface area contributed by atoms with Crippen LogP contribution in [0, 0.1) is 11.3 Å². The molecule has 0 saturated carbocycles. The fourth-order valence-corrected chi connectivity index (χ4v) is 1.91. The molecule has 3 nitrogen and oxygen atoms in total. The predicted molar refractivity (Wildman–Crippen MR) is 63.0 cm³/mol. The van der Waals surface area contributed by atoms with Crippen molar-refractivity contribution < 1.29 is 4.74 Å². The summed E-state index contributed by atoms with van der Waals surface area (Å²) in [5, 5.41) is 10.8. The lowest BCUT2D eigenvalue weighted by molar-refractivity contribution is 0.415. The monoisotopic (exact) mass is 252 g/mol. The fourth-order valence-electron chi connectivity index (χ4n) is 1.42. The van der Waals surface area contributed by atoms with Gasteiger partial charge in [0.25, 0.3) is 0 Å². The second-order valence-corrected chi connectivity index (χ2v) is 3.82. The molecule has 0 aliphatic heterocycles. The van der Waals surface area contributed by atoms with E-state index in [9.17, 15) is 0 Å². The largest absolute Gasteiger partial charge is 0.497 e. The minimum absolute atomic E-state index is 0.118. The number of pyridine rings is 1. The van der Waals surface area contributed by atoms with Crippen molar-refractivity contribution >= 4 is 34.0 Å². The van der Waals surface area contributed by atoms with Crippen molar-refractivity contribution in [3.8, 4) is 11.8 Å². The second-order valence-electron chi connectivity index (χ2n) is 3.09. The molecule has 1 aromatic heterocycles. The Morgan fingerprint density at radius 1 is 1.31 bits per heavy atom. The molecule has 2 aromatic rings. The smallest absolute Gasteiger partial charge is 0.161 e. The van der Waals surface area contributed by atoms with E-state index in [2.05, 4.69) is 4.98 Å². The summed E-state index contributed by atoms with van der Waals surface area (Å²) in [4.78, 5) is 3.91. The number of hydrogen-bond acceptors (Lipinski definition) is 3. The molecule has 0 bridgehead atoms. The predicted octanol–water partition coefficient (Wildman–Crippen LogP) is 3.42. The molecule has 1 heterocycles. The van der Waals surface area contributed by atoms with Gasteiger partial charge in [0.05, 0.1) is 12.1 Å². The third-order valence-corrected chi connectivity index (χ3v) is 2.88. The number of hydrogen-bond donors (Lipinski definition) is 0. The molecule has 0 radical (unpaired) electrons. The highest BCUT2D eigenvalue weighted by atomic mass is 35.5. The summed E-state index contributed by atoms with van der Waals surface area (Å²) in [5.74, 6) is 0.653. The van der Waals surface area contributed by atoms with Crippen LogP contribution >= 0.6 is 23.2 Å². The Labute approximate surface area is 102 Å². The summed E-state index contributed by atoms with van der Waals surface area (Å²) >= 11 is 12.0. The maximum Gasteiger partial charge on any atom is 0.161 e. The lowest BCUT2D eigenvalue weighted by Gasteiger charge is -2.06. The summed E-state index contributed by atoms with van der Waals surface area (Å²) in [7, 11) is 1.56. The number of methoxy groups -OCH3 is 1. The van der Waals surface area contributed by atoms with E-state index >= 15 is 0 Å². The number of rotatable bonds is 1. The highest BCUT2D eigenvalue weighted by Crippen LogP contribution is 2.32. The average molecular weight is 253 g/mol.